The number of carboxylic acid groups (broad SMARTS) is 1. The summed E-state index contributed by atoms with van der Waals surface area (Å²) in [6.45, 7) is 8.36. The van der Waals surface area contributed by atoms with Gasteiger partial charge in [0.15, 0.2) is 0 Å². The van der Waals surface area contributed by atoms with Crippen molar-refractivity contribution in [2.24, 2.45) is 17.3 Å². The molecule has 4 rings (SSSR count). The third kappa shape index (κ3) is 4.88. The van der Waals surface area contributed by atoms with Crippen LogP contribution in [0.25, 0.3) is 0 Å². The van der Waals surface area contributed by atoms with E-state index in [1.165, 1.54) is 17.0 Å². The lowest BCUT2D eigenvalue weighted by molar-refractivity contribution is -0.144. The van der Waals surface area contributed by atoms with Gasteiger partial charge < -0.3 is 10.4 Å². The van der Waals surface area contributed by atoms with Crippen molar-refractivity contribution in [2.45, 2.75) is 77.2 Å². The number of alkyl halides is 3. The predicted octanol–water partition coefficient (Wildman–Crippen LogP) is 4.98. The maximum absolute atomic E-state index is 13.8. The molecule has 1 aromatic carbocycles. The summed E-state index contributed by atoms with van der Waals surface area (Å²) in [7, 11) is 0. The zero-order valence-electron chi connectivity index (χ0n) is 20.7. The van der Waals surface area contributed by atoms with Gasteiger partial charge in [-0.3, -0.25) is 14.6 Å². The fourth-order valence-corrected chi connectivity index (χ4v) is 6.60. The van der Waals surface area contributed by atoms with Crippen LogP contribution in [-0.4, -0.2) is 58.1 Å². The molecule has 0 unspecified atom stereocenters. The Morgan fingerprint density at radius 1 is 1.09 bits per heavy atom. The van der Waals surface area contributed by atoms with Gasteiger partial charge >= 0.3 is 12.3 Å². The summed E-state index contributed by atoms with van der Waals surface area (Å²) in [5.74, 6) is 0.480. The number of amides is 2. The molecule has 4 atom stereocenters. The van der Waals surface area contributed by atoms with Crippen molar-refractivity contribution in [3.05, 3.63) is 35.4 Å². The molecule has 194 valence electrons. The van der Waals surface area contributed by atoms with Gasteiger partial charge in [0, 0.05) is 32.2 Å². The van der Waals surface area contributed by atoms with E-state index in [2.05, 4.69) is 10.2 Å². The summed E-state index contributed by atoms with van der Waals surface area (Å²) in [4.78, 5) is 29.5. The van der Waals surface area contributed by atoms with Crippen molar-refractivity contribution in [3.8, 4) is 0 Å². The van der Waals surface area contributed by atoms with Crippen LogP contribution in [0.5, 0.6) is 0 Å². The number of carbonyl (C=O) groups excluding carboxylic acids is 1. The van der Waals surface area contributed by atoms with Gasteiger partial charge in [0.2, 0.25) is 5.91 Å². The van der Waals surface area contributed by atoms with E-state index in [4.69, 9.17) is 0 Å². The number of benzene rings is 1. The van der Waals surface area contributed by atoms with E-state index in [1.54, 1.807) is 0 Å². The lowest BCUT2D eigenvalue weighted by atomic mass is 9.67. The average molecular weight is 496 g/mol. The Balaban J connectivity index is 1.44. The fourth-order valence-electron chi connectivity index (χ4n) is 6.60. The summed E-state index contributed by atoms with van der Waals surface area (Å²) >= 11 is 0. The summed E-state index contributed by atoms with van der Waals surface area (Å²) < 4.78 is 38.6. The lowest BCUT2D eigenvalue weighted by Crippen LogP contribution is -2.69. The second-order valence-corrected chi connectivity index (χ2v) is 11.5. The lowest BCUT2D eigenvalue weighted by Gasteiger charge is -2.52. The molecular weight excluding hydrogens is 459 g/mol. The number of carbonyl (C=O) groups is 2. The van der Waals surface area contributed by atoms with E-state index in [0.717, 1.165) is 56.5 Å². The molecule has 6 nitrogen and oxygen atoms in total. The van der Waals surface area contributed by atoms with Gasteiger partial charge in [-0.1, -0.05) is 32.9 Å². The van der Waals surface area contributed by atoms with E-state index in [1.807, 2.05) is 20.8 Å². The van der Waals surface area contributed by atoms with Gasteiger partial charge in [0.05, 0.1) is 5.56 Å². The summed E-state index contributed by atoms with van der Waals surface area (Å²) in [5, 5.41) is 13.2. The van der Waals surface area contributed by atoms with E-state index >= 15 is 0 Å². The van der Waals surface area contributed by atoms with E-state index in [9.17, 15) is 27.9 Å². The summed E-state index contributed by atoms with van der Waals surface area (Å²) in [6.07, 6.45) is -1.48. The Bertz CT molecular complexity index is 944. The zero-order valence-corrected chi connectivity index (χ0v) is 20.7. The minimum atomic E-state index is -4.34. The smallest absolute Gasteiger partial charge is 0.416 e. The van der Waals surface area contributed by atoms with Crippen molar-refractivity contribution in [1.29, 1.82) is 0 Å². The number of piperidine rings is 1. The quantitative estimate of drug-likeness (QED) is 0.618. The minimum Gasteiger partial charge on any atom is -0.465 e. The molecule has 0 radical (unpaired) electrons. The van der Waals surface area contributed by atoms with Crippen LogP contribution in [0.4, 0.5) is 18.0 Å². The standard InChI is InChI=1S/C26H36F3N3O3/c1-24(2,3)25(12-4-5-13-32(25)23(34)35)22(33)30-21-11-8-18-15-31(16-20(18)21)14-17-6-9-19(10-7-17)26(27,28)29/h6-7,9-10,18,20-21H,4-5,8,11-16H2,1-3H3,(H,30,33)(H,34,35)/t18-,20+,21+,25+/m0/s1. The maximum atomic E-state index is 13.8. The Hall–Kier alpha value is -2.29. The van der Waals surface area contributed by atoms with Crippen LogP contribution < -0.4 is 5.32 Å². The number of likely N-dealkylation sites (tertiary alicyclic amines) is 2. The number of nitrogens with one attached hydrogen (secondary N) is 1. The highest BCUT2D eigenvalue weighted by molar-refractivity contribution is 5.91. The third-order valence-electron chi connectivity index (χ3n) is 8.41. The highest BCUT2D eigenvalue weighted by Gasteiger charge is 2.56. The number of rotatable bonds is 4. The van der Waals surface area contributed by atoms with E-state index < -0.39 is 28.8 Å². The Morgan fingerprint density at radius 3 is 2.37 bits per heavy atom. The van der Waals surface area contributed by atoms with Crippen LogP contribution in [-0.2, 0) is 17.5 Å². The number of fused-ring (bicyclic) bond motifs is 1. The van der Waals surface area contributed by atoms with Crippen LogP contribution in [0.15, 0.2) is 24.3 Å². The van der Waals surface area contributed by atoms with Gasteiger partial charge in [-0.25, -0.2) is 4.79 Å². The molecule has 1 saturated carbocycles. The number of halogens is 3. The predicted molar refractivity (Wildman–Crippen MR) is 126 cm³/mol. The van der Waals surface area contributed by atoms with Crippen molar-refractivity contribution >= 4 is 12.0 Å². The first-order chi connectivity index (χ1) is 16.3. The number of hydrogen-bond donors (Lipinski definition) is 2. The molecule has 1 aliphatic carbocycles. The van der Waals surface area contributed by atoms with Gasteiger partial charge in [0.1, 0.15) is 5.54 Å². The highest BCUT2D eigenvalue weighted by atomic mass is 19.4. The number of hydrogen-bond acceptors (Lipinski definition) is 3. The second kappa shape index (κ2) is 9.30. The molecule has 9 heteroatoms. The molecule has 2 heterocycles. The van der Waals surface area contributed by atoms with Crippen LogP contribution in [0, 0.1) is 17.3 Å². The second-order valence-electron chi connectivity index (χ2n) is 11.5. The van der Waals surface area contributed by atoms with Crippen LogP contribution in [0.3, 0.4) is 0 Å². The van der Waals surface area contributed by atoms with Crippen molar-refractivity contribution in [3.63, 3.8) is 0 Å². The van der Waals surface area contributed by atoms with Crippen LogP contribution in [0.2, 0.25) is 0 Å². The third-order valence-corrected chi connectivity index (χ3v) is 8.41. The first-order valence-corrected chi connectivity index (χ1v) is 12.5. The molecular formula is C26H36F3N3O3. The van der Waals surface area contributed by atoms with E-state index in [0.29, 0.717) is 25.4 Å². The van der Waals surface area contributed by atoms with Gasteiger partial charge in [-0.15, -0.1) is 0 Å². The molecule has 3 aliphatic rings. The first kappa shape index (κ1) is 25.8. The van der Waals surface area contributed by atoms with Gasteiger partial charge in [-0.2, -0.15) is 13.2 Å². The number of nitrogens with zero attached hydrogens (tertiary/aromatic N) is 2. The summed E-state index contributed by atoms with van der Waals surface area (Å²) in [5.41, 5.74) is -1.47. The van der Waals surface area contributed by atoms with Crippen molar-refractivity contribution in [1.82, 2.24) is 15.1 Å². The SMILES string of the molecule is CC(C)(C)[C@]1(C(=O)N[C@@H]2CC[C@H]3CN(Cc4ccc(C(F)(F)F)cc4)C[C@H]32)CCCCN1C(=O)O. The molecule has 2 amide bonds. The molecule has 0 bridgehead atoms. The largest absolute Gasteiger partial charge is 0.465 e. The fraction of sp³-hybridized carbons (Fsp3) is 0.692. The Kier molecular flexibility index (Phi) is 6.85. The monoisotopic (exact) mass is 495 g/mol. The van der Waals surface area contributed by atoms with E-state index in [-0.39, 0.29) is 17.9 Å². The zero-order chi connectivity index (χ0) is 25.6. The highest BCUT2D eigenvalue weighted by Crippen LogP contribution is 2.45. The molecule has 2 aliphatic heterocycles. The van der Waals surface area contributed by atoms with Crippen molar-refractivity contribution < 1.29 is 27.9 Å². The normalized spacial score (nSPS) is 29.8. The Labute approximate surface area is 204 Å². The molecule has 1 aromatic rings. The van der Waals surface area contributed by atoms with Gasteiger partial charge in [-0.05, 0) is 67.1 Å². The molecule has 2 N–H and O–H groups in total. The average Bonchev–Trinajstić information content (AvgIpc) is 3.33. The van der Waals surface area contributed by atoms with Crippen LogP contribution >= 0.6 is 0 Å². The van der Waals surface area contributed by atoms with Gasteiger partial charge in [0.25, 0.3) is 0 Å². The molecule has 3 fully saturated rings. The topological polar surface area (TPSA) is 72.9 Å². The minimum absolute atomic E-state index is 0.0260. The molecule has 0 spiro atoms. The first-order valence-electron chi connectivity index (χ1n) is 12.5. The molecule has 35 heavy (non-hydrogen) atoms. The maximum Gasteiger partial charge on any atom is 0.416 e. The van der Waals surface area contributed by atoms with Crippen molar-refractivity contribution in [2.75, 3.05) is 19.6 Å². The summed E-state index contributed by atoms with van der Waals surface area (Å²) in [6, 6.07) is 5.29. The molecule has 2 saturated heterocycles. The Morgan fingerprint density at radius 2 is 1.77 bits per heavy atom. The van der Waals surface area contributed by atoms with Crippen LogP contribution in [0.1, 0.15) is 64.0 Å². The molecule has 0 aromatic heterocycles.